The van der Waals surface area contributed by atoms with Crippen molar-refractivity contribution in [2.24, 2.45) is 0 Å². The van der Waals surface area contributed by atoms with Gasteiger partial charge in [0.1, 0.15) is 11.5 Å². The number of nitrogens with zero attached hydrogens (tertiary/aromatic N) is 2. The number of nitrogens with one attached hydrogen (secondary N) is 1. The van der Waals surface area contributed by atoms with E-state index in [9.17, 15) is 4.79 Å². The van der Waals surface area contributed by atoms with E-state index in [1.165, 1.54) is 0 Å². The fourth-order valence-corrected chi connectivity index (χ4v) is 2.00. The molecule has 2 N–H and O–H groups in total. The molecule has 2 heterocycles. The van der Waals surface area contributed by atoms with E-state index in [2.05, 4.69) is 35.7 Å². The molecule has 0 aromatic carbocycles. The molecule has 0 aliphatic rings. The number of carbonyl (C=O) groups is 1. The smallest absolute Gasteiger partial charge is 0.328 e. The molecule has 0 unspecified atom stereocenters. The molecule has 0 aliphatic carbocycles. The standard InChI is InChI=1S/C14H17N3O2/c1-8-16-12(14(2,3)4)11-9(5-6-10(18)19)7-15-13(11)17-8/h5-7H,1-4H3,(H,18,19)(H,15,16,17)/b6-5+. The maximum atomic E-state index is 10.6. The van der Waals surface area contributed by atoms with Gasteiger partial charge in [-0.2, -0.15) is 0 Å². The minimum absolute atomic E-state index is 0.139. The molecule has 5 heteroatoms. The summed E-state index contributed by atoms with van der Waals surface area (Å²) in [6.45, 7) is 8.08. The molecule has 0 fully saturated rings. The third-order valence-corrected chi connectivity index (χ3v) is 2.79. The van der Waals surface area contributed by atoms with Gasteiger partial charge < -0.3 is 10.1 Å². The second kappa shape index (κ2) is 4.50. The van der Waals surface area contributed by atoms with Gasteiger partial charge in [-0.15, -0.1) is 0 Å². The average Bonchev–Trinajstić information content (AvgIpc) is 2.66. The first-order valence-electron chi connectivity index (χ1n) is 6.06. The van der Waals surface area contributed by atoms with E-state index in [4.69, 9.17) is 5.11 Å². The van der Waals surface area contributed by atoms with Crippen LogP contribution in [0.2, 0.25) is 0 Å². The minimum Gasteiger partial charge on any atom is -0.478 e. The Bertz CT molecular complexity index is 663. The lowest BCUT2D eigenvalue weighted by atomic mass is 9.89. The first-order chi connectivity index (χ1) is 8.79. The Morgan fingerprint density at radius 1 is 1.37 bits per heavy atom. The number of H-pyrrole nitrogens is 1. The number of hydrogen-bond acceptors (Lipinski definition) is 3. The van der Waals surface area contributed by atoms with Gasteiger partial charge in [0.25, 0.3) is 0 Å². The second-order valence-corrected chi connectivity index (χ2v) is 5.51. The maximum Gasteiger partial charge on any atom is 0.328 e. The van der Waals surface area contributed by atoms with Crippen LogP contribution in [-0.4, -0.2) is 26.0 Å². The van der Waals surface area contributed by atoms with Crippen molar-refractivity contribution >= 4 is 23.1 Å². The molecule has 0 spiro atoms. The molecule has 0 radical (unpaired) electrons. The van der Waals surface area contributed by atoms with Crippen molar-refractivity contribution < 1.29 is 9.90 Å². The zero-order valence-corrected chi connectivity index (χ0v) is 11.5. The Hall–Kier alpha value is -2.17. The number of carboxylic acids is 1. The molecule has 19 heavy (non-hydrogen) atoms. The topological polar surface area (TPSA) is 78.9 Å². The second-order valence-electron chi connectivity index (χ2n) is 5.51. The molecule has 0 saturated heterocycles. The Morgan fingerprint density at radius 3 is 2.63 bits per heavy atom. The first-order valence-corrected chi connectivity index (χ1v) is 6.06. The lowest BCUT2D eigenvalue weighted by Crippen LogP contribution is -2.15. The molecule has 2 rings (SSSR count). The highest BCUT2D eigenvalue weighted by molar-refractivity contribution is 5.93. The van der Waals surface area contributed by atoms with Crippen LogP contribution in [0.5, 0.6) is 0 Å². The van der Waals surface area contributed by atoms with Gasteiger partial charge in [0.2, 0.25) is 0 Å². The number of hydrogen-bond donors (Lipinski definition) is 2. The zero-order valence-electron chi connectivity index (χ0n) is 11.5. The molecule has 5 nitrogen and oxygen atoms in total. The van der Waals surface area contributed by atoms with Gasteiger partial charge in [0.05, 0.1) is 5.69 Å². The molecule has 0 aliphatic heterocycles. The van der Waals surface area contributed by atoms with E-state index in [0.29, 0.717) is 5.82 Å². The molecule has 2 aromatic rings. The van der Waals surface area contributed by atoms with Gasteiger partial charge in [0.15, 0.2) is 0 Å². The molecule has 0 saturated carbocycles. The first kappa shape index (κ1) is 13.3. The largest absolute Gasteiger partial charge is 0.478 e. The van der Waals surface area contributed by atoms with Crippen molar-refractivity contribution in [3.63, 3.8) is 0 Å². The number of aryl methyl sites for hydroxylation is 1. The molecule has 0 bridgehead atoms. The van der Waals surface area contributed by atoms with Crippen LogP contribution in [0, 0.1) is 6.92 Å². The molecule has 2 aromatic heterocycles. The summed E-state index contributed by atoms with van der Waals surface area (Å²) in [4.78, 5) is 22.6. The van der Waals surface area contributed by atoms with E-state index < -0.39 is 5.97 Å². The van der Waals surface area contributed by atoms with E-state index in [1.807, 2.05) is 6.92 Å². The van der Waals surface area contributed by atoms with Crippen molar-refractivity contribution in [3.05, 3.63) is 29.4 Å². The van der Waals surface area contributed by atoms with Gasteiger partial charge in [-0.05, 0) is 13.0 Å². The summed E-state index contributed by atoms with van der Waals surface area (Å²) >= 11 is 0. The highest BCUT2D eigenvalue weighted by atomic mass is 16.4. The molecular formula is C14H17N3O2. The quantitative estimate of drug-likeness (QED) is 0.813. The van der Waals surface area contributed by atoms with Crippen molar-refractivity contribution in [1.82, 2.24) is 15.0 Å². The van der Waals surface area contributed by atoms with Crippen molar-refractivity contribution in [2.75, 3.05) is 0 Å². The van der Waals surface area contributed by atoms with E-state index >= 15 is 0 Å². The number of aromatic nitrogens is 3. The Labute approximate surface area is 111 Å². The van der Waals surface area contributed by atoms with Crippen LogP contribution >= 0.6 is 0 Å². The predicted molar refractivity (Wildman–Crippen MR) is 74.0 cm³/mol. The summed E-state index contributed by atoms with van der Waals surface area (Å²) in [5, 5.41) is 9.61. The molecule has 100 valence electrons. The summed E-state index contributed by atoms with van der Waals surface area (Å²) in [5.41, 5.74) is 2.31. The fraction of sp³-hybridized carbons (Fsp3) is 0.357. The summed E-state index contributed by atoms with van der Waals surface area (Å²) in [6.07, 6.45) is 4.44. The predicted octanol–water partition coefficient (Wildman–Crippen LogP) is 2.66. The van der Waals surface area contributed by atoms with Gasteiger partial charge >= 0.3 is 5.97 Å². The third-order valence-electron chi connectivity index (χ3n) is 2.79. The van der Waals surface area contributed by atoms with E-state index in [0.717, 1.165) is 28.4 Å². The molecular weight excluding hydrogens is 242 g/mol. The third kappa shape index (κ3) is 2.65. The van der Waals surface area contributed by atoms with Crippen LogP contribution in [0.25, 0.3) is 17.1 Å². The minimum atomic E-state index is -0.973. The average molecular weight is 259 g/mol. The fourth-order valence-electron chi connectivity index (χ4n) is 2.00. The van der Waals surface area contributed by atoms with Crippen LogP contribution in [-0.2, 0) is 10.2 Å². The Morgan fingerprint density at radius 2 is 2.05 bits per heavy atom. The molecule has 0 amide bonds. The van der Waals surface area contributed by atoms with Crippen LogP contribution in [0.1, 0.15) is 37.9 Å². The van der Waals surface area contributed by atoms with Crippen LogP contribution in [0.3, 0.4) is 0 Å². The van der Waals surface area contributed by atoms with Gasteiger partial charge in [-0.3, -0.25) is 0 Å². The number of carboxylic acid groups (broad SMARTS) is 1. The highest BCUT2D eigenvalue weighted by Crippen LogP contribution is 2.30. The van der Waals surface area contributed by atoms with Gasteiger partial charge in [-0.25, -0.2) is 14.8 Å². The Kier molecular flexibility index (Phi) is 3.14. The van der Waals surface area contributed by atoms with Crippen molar-refractivity contribution in [1.29, 1.82) is 0 Å². The van der Waals surface area contributed by atoms with Crippen LogP contribution in [0.4, 0.5) is 0 Å². The molecule has 0 atom stereocenters. The lowest BCUT2D eigenvalue weighted by molar-refractivity contribution is -0.131. The van der Waals surface area contributed by atoms with Crippen molar-refractivity contribution in [2.45, 2.75) is 33.1 Å². The summed E-state index contributed by atoms with van der Waals surface area (Å²) in [6, 6.07) is 0. The maximum absolute atomic E-state index is 10.6. The summed E-state index contributed by atoms with van der Waals surface area (Å²) in [7, 11) is 0. The normalized spacial score (nSPS) is 12.4. The van der Waals surface area contributed by atoms with E-state index in [1.54, 1.807) is 12.3 Å². The monoisotopic (exact) mass is 259 g/mol. The van der Waals surface area contributed by atoms with Gasteiger partial charge in [0, 0.05) is 28.6 Å². The lowest BCUT2D eigenvalue weighted by Gasteiger charge is -2.19. The van der Waals surface area contributed by atoms with E-state index in [-0.39, 0.29) is 5.41 Å². The highest BCUT2D eigenvalue weighted by Gasteiger charge is 2.22. The van der Waals surface area contributed by atoms with Crippen molar-refractivity contribution in [3.8, 4) is 0 Å². The number of aromatic amines is 1. The summed E-state index contributed by atoms with van der Waals surface area (Å²) < 4.78 is 0. The van der Waals surface area contributed by atoms with Crippen LogP contribution in [0.15, 0.2) is 12.3 Å². The van der Waals surface area contributed by atoms with Gasteiger partial charge in [-0.1, -0.05) is 20.8 Å². The SMILES string of the molecule is Cc1nc(C(C)(C)C)c2c(/C=C/C(=O)O)c[nH]c2n1. The Balaban J connectivity index is 2.72. The zero-order chi connectivity index (χ0) is 14.2. The summed E-state index contributed by atoms with van der Waals surface area (Å²) in [5.74, 6) is -0.271. The number of rotatable bonds is 2. The number of fused-ring (bicyclic) bond motifs is 1. The van der Waals surface area contributed by atoms with Crippen LogP contribution < -0.4 is 0 Å². The number of aliphatic carboxylic acids is 1.